The second-order valence-electron chi connectivity index (χ2n) is 8.32. The SMILES string of the molecule is CC[C@H](C)n1c(C)c(C=Nn2c(-c3ccccc3)nc3ccccc3c2=O)c2ccccc21. The van der Waals surface area contributed by atoms with E-state index in [2.05, 4.69) is 43.5 Å². The molecule has 0 spiro atoms. The lowest BCUT2D eigenvalue weighted by molar-refractivity contribution is 0.537. The van der Waals surface area contributed by atoms with E-state index in [0.717, 1.165) is 28.6 Å². The maximum absolute atomic E-state index is 13.5. The third kappa shape index (κ3) is 3.55. The Morgan fingerprint density at radius 1 is 0.939 bits per heavy atom. The molecule has 1 atom stereocenters. The average Bonchev–Trinajstić information content (AvgIpc) is 3.14. The fraction of sp³-hybridized carbons (Fsp3) is 0.179. The predicted octanol–water partition coefficient (Wildman–Crippen LogP) is 6.18. The van der Waals surface area contributed by atoms with Gasteiger partial charge in [-0.3, -0.25) is 4.79 Å². The molecular weight excluding hydrogens is 408 g/mol. The molecule has 5 nitrogen and oxygen atoms in total. The molecule has 2 heterocycles. The number of rotatable bonds is 5. The van der Waals surface area contributed by atoms with Crippen molar-refractivity contribution in [3.63, 3.8) is 0 Å². The highest BCUT2D eigenvalue weighted by molar-refractivity contribution is 6.01. The van der Waals surface area contributed by atoms with Gasteiger partial charge in [-0.2, -0.15) is 9.78 Å². The summed E-state index contributed by atoms with van der Waals surface area (Å²) in [5.41, 5.74) is 4.66. The summed E-state index contributed by atoms with van der Waals surface area (Å²) in [6.07, 6.45) is 2.84. The highest BCUT2D eigenvalue weighted by atomic mass is 16.1. The molecule has 2 aromatic heterocycles. The number of nitrogens with zero attached hydrogens (tertiary/aromatic N) is 4. The van der Waals surface area contributed by atoms with Crippen molar-refractivity contribution in [2.24, 2.45) is 5.10 Å². The first-order valence-electron chi connectivity index (χ1n) is 11.3. The van der Waals surface area contributed by atoms with Crippen LogP contribution in [0.2, 0.25) is 0 Å². The summed E-state index contributed by atoms with van der Waals surface area (Å²) in [5, 5.41) is 6.39. The van der Waals surface area contributed by atoms with Crippen molar-refractivity contribution < 1.29 is 0 Å². The van der Waals surface area contributed by atoms with Gasteiger partial charge >= 0.3 is 0 Å². The van der Waals surface area contributed by atoms with Crippen molar-refractivity contribution in [2.45, 2.75) is 33.2 Å². The largest absolute Gasteiger partial charge is 0.341 e. The van der Waals surface area contributed by atoms with Crippen LogP contribution in [0.1, 0.15) is 37.6 Å². The molecule has 0 saturated carbocycles. The number of fused-ring (bicyclic) bond motifs is 2. The van der Waals surface area contributed by atoms with Gasteiger partial charge in [-0.15, -0.1) is 0 Å². The molecule has 0 fully saturated rings. The molecule has 164 valence electrons. The third-order valence-corrected chi connectivity index (χ3v) is 6.32. The van der Waals surface area contributed by atoms with Crippen molar-refractivity contribution in [3.05, 3.63) is 100 Å². The maximum Gasteiger partial charge on any atom is 0.282 e. The van der Waals surface area contributed by atoms with Crippen LogP contribution in [0.25, 0.3) is 33.2 Å². The van der Waals surface area contributed by atoms with Gasteiger partial charge in [0.2, 0.25) is 0 Å². The molecule has 33 heavy (non-hydrogen) atoms. The summed E-state index contributed by atoms with van der Waals surface area (Å²) < 4.78 is 3.78. The Labute approximate surface area is 192 Å². The minimum absolute atomic E-state index is 0.181. The Morgan fingerprint density at radius 3 is 2.36 bits per heavy atom. The van der Waals surface area contributed by atoms with Gasteiger partial charge in [-0.05, 0) is 38.5 Å². The van der Waals surface area contributed by atoms with Crippen LogP contribution in [0.5, 0.6) is 0 Å². The number of aromatic nitrogens is 3. The van der Waals surface area contributed by atoms with E-state index < -0.39 is 0 Å². The van der Waals surface area contributed by atoms with Gasteiger partial charge in [0.05, 0.1) is 17.1 Å². The van der Waals surface area contributed by atoms with Crippen LogP contribution in [0.3, 0.4) is 0 Å². The van der Waals surface area contributed by atoms with Crippen LogP contribution >= 0.6 is 0 Å². The van der Waals surface area contributed by atoms with Crippen molar-refractivity contribution in [2.75, 3.05) is 0 Å². The molecule has 5 aromatic rings. The molecule has 0 radical (unpaired) electrons. The molecule has 0 aliphatic heterocycles. The van der Waals surface area contributed by atoms with Crippen molar-refractivity contribution in [1.82, 2.24) is 14.2 Å². The Hall–Kier alpha value is -3.99. The predicted molar refractivity (Wildman–Crippen MR) is 136 cm³/mol. The van der Waals surface area contributed by atoms with Gasteiger partial charge in [0.1, 0.15) is 0 Å². The highest BCUT2D eigenvalue weighted by Crippen LogP contribution is 2.29. The fourth-order valence-corrected chi connectivity index (χ4v) is 4.45. The van der Waals surface area contributed by atoms with E-state index in [9.17, 15) is 4.79 Å². The highest BCUT2D eigenvalue weighted by Gasteiger charge is 2.17. The van der Waals surface area contributed by atoms with Crippen LogP contribution < -0.4 is 5.56 Å². The van der Waals surface area contributed by atoms with Gasteiger partial charge in [0.15, 0.2) is 5.82 Å². The molecule has 0 aliphatic carbocycles. The first-order valence-corrected chi connectivity index (χ1v) is 11.3. The van der Waals surface area contributed by atoms with Crippen molar-refractivity contribution in [3.8, 4) is 11.4 Å². The number of benzene rings is 3. The van der Waals surface area contributed by atoms with E-state index in [0.29, 0.717) is 22.8 Å². The summed E-state index contributed by atoms with van der Waals surface area (Å²) in [6.45, 7) is 6.54. The van der Waals surface area contributed by atoms with Crippen LogP contribution in [-0.2, 0) is 0 Å². The Morgan fingerprint density at radius 2 is 1.61 bits per heavy atom. The van der Waals surface area contributed by atoms with Crippen LogP contribution in [-0.4, -0.2) is 20.4 Å². The molecule has 0 saturated heterocycles. The van der Waals surface area contributed by atoms with Crippen molar-refractivity contribution in [1.29, 1.82) is 0 Å². The first-order chi connectivity index (χ1) is 16.1. The quantitative estimate of drug-likeness (QED) is 0.310. The summed E-state index contributed by atoms with van der Waals surface area (Å²) in [6, 6.07) is 25.8. The minimum atomic E-state index is -0.181. The van der Waals surface area contributed by atoms with Crippen molar-refractivity contribution >= 4 is 28.0 Å². The van der Waals surface area contributed by atoms with Crippen LogP contribution in [0.15, 0.2) is 88.8 Å². The summed E-state index contributed by atoms with van der Waals surface area (Å²) in [7, 11) is 0. The zero-order chi connectivity index (χ0) is 22.9. The van der Waals surface area contributed by atoms with Gasteiger partial charge in [0, 0.05) is 33.8 Å². The molecule has 0 bridgehead atoms. The average molecular weight is 435 g/mol. The van der Waals surface area contributed by atoms with Crippen LogP contribution in [0.4, 0.5) is 0 Å². The zero-order valence-corrected chi connectivity index (χ0v) is 19.1. The standard InChI is InChI=1S/C28H26N4O/c1-4-19(2)31-20(3)24(22-14-9-11-17-26(22)31)18-29-32-27(21-12-6-5-7-13-21)30-25-16-10-8-15-23(25)28(32)33/h5-19H,4H2,1-3H3/t19-/m0/s1. The molecule has 5 rings (SSSR count). The van der Waals surface area contributed by atoms with E-state index in [1.807, 2.05) is 54.6 Å². The summed E-state index contributed by atoms with van der Waals surface area (Å²) in [4.78, 5) is 18.3. The van der Waals surface area contributed by atoms with E-state index in [1.165, 1.54) is 10.2 Å². The molecule has 5 heteroatoms. The Bertz CT molecular complexity index is 1540. The topological polar surface area (TPSA) is 52.2 Å². The molecule has 0 N–H and O–H groups in total. The summed E-state index contributed by atoms with van der Waals surface area (Å²) in [5.74, 6) is 0.527. The lowest BCUT2D eigenvalue weighted by atomic mass is 10.1. The summed E-state index contributed by atoms with van der Waals surface area (Å²) >= 11 is 0. The molecule has 3 aromatic carbocycles. The van der Waals surface area contributed by atoms with Gasteiger partial charge in [0.25, 0.3) is 5.56 Å². The Balaban J connectivity index is 1.75. The van der Waals surface area contributed by atoms with E-state index >= 15 is 0 Å². The lowest BCUT2D eigenvalue weighted by Gasteiger charge is -2.15. The van der Waals surface area contributed by atoms with Crippen LogP contribution in [0, 0.1) is 6.92 Å². The monoisotopic (exact) mass is 434 g/mol. The van der Waals surface area contributed by atoms with E-state index in [4.69, 9.17) is 10.1 Å². The lowest BCUT2D eigenvalue weighted by Crippen LogP contribution is -2.20. The first kappa shape index (κ1) is 20.9. The van der Waals surface area contributed by atoms with E-state index in [1.54, 1.807) is 12.3 Å². The van der Waals surface area contributed by atoms with Gasteiger partial charge in [-0.1, -0.05) is 67.6 Å². The van der Waals surface area contributed by atoms with Gasteiger partial charge in [-0.25, -0.2) is 4.98 Å². The normalized spacial score (nSPS) is 12.7. The maximum atomic E-state index is 13.5. The minimum Gasteiger partial charge on any atom is -0.341 e. The zero-order valence-electron chi connectivity index (χ0n) is 19.1. The molecular formula is C28H26N4O. The number of hydrogen-bond donors (Lipinski definition) is 0. The Kier molecular flexibility index (Phi) is 5.38. The second kappa shape index (κ2) is 8.51. The fourth-order valence-electron chi connectivity index (χ4n) is 4.45. The molecule has 0 unspecified atom stereocenters. The molecule has 0 aliphatic rings. The van der Waals surface area contributed by atoms with E-state index in [-0.39, 0.29) is 5.56 Å². The smallest absolute Gasteiger partial charge is 0.282 e. The second-order valence-corrected chi connectivity index (χ2v) is 8.32. The number of hydrogen-bond acceptors (Lipinski definition) is 3. The number of para-hydroxylation sites is 2. The third-order valence-electron chi connectivity index (χ3n) is 6.32. The van der Waals surface area contributed by atoms with Gasteiger partial charge < -0.3 is 4.57 Å². The molecule has 0 amide bonds.